The molecule has 4 nitrogen and oxygen atoms in total. The summed E-state index contributed by atoms with van der Waals surface area (Å²) in [5.74, 6) is 0.170. The van der Waals surface area contributed by atoms with Gasteiger partial charge in [-0.15, -0.1) is 0 Å². The fourth-order valence-corrected chi connectivity index (χ4v) is 3.39. The molecule has 3 rings (SSSR count). The summed E-state index contributed by atoms with van der Waals surface area (Å²) in [4.78, 5) is 28.3. The summed E-state index contributed by atoms with van der Waals surface area (Å²) in [5.41, 5.74) is 2.23. The maximum absolute atomic E-state index is 12.7. The highest BCUT2D eigenvalue weighted by molar-refractivity contribution is 5.99. The van der Waals surface area contributed by atoms with Crippen molar-refractivity contribution >= 4 is 17.5 Å². The molecule has 2 aliphatic rings. The van der Waals surface area contributed by atoms with Gasteiger partial charge in [-0.1, -0.05) is 24.6 Å². The lowest BCUT2D eigenvalue weighted by Crippen LogP contribution is -2.45. The molecule has 4 heteroatoms. The Morgan fingerprint density at radius 2 is 2.05 bits per heavy atom. The van der Waals surface area contributed by atoms with Gasteiger partial charge < -0.3 is 9.80 Å². The number of carbonyl (C=O) groups excluding carboxylic acids is 2. The van der Waals surface area contributed by atoms with Crippen molar-refractivity contribution in [1.82, 2.24) is 4.90 Å². The Labute approximate surface area is 125 Å². The van der Waals surface area contributed by atoms with E-state index in [0.29, 0.717) is 13.0 Å². The zero-order valence-corrected chi connectivity index (χ0v) is 12.5. The summed E-state index contributed by atoms with van der Waals surface area (Å²) in [6.07, 6.45) is 4.52. The second-order valence-electron chi connectivity index (χ2n) is 6.07. The first-order chi connectivity index (χ1) is 10.2. The Kier molecular flexibility index (Phi) is 3.95. The van der Waals surface area contributed by atoms with Crippen LogP contribution in [0.15, 0.2) is 24.3 Å². The van der Waals surface area contributed by atoms with Gasteiger partial charge in [-0.3, -0.25) is 9.59 Å². The molecule has 0 N–H and O–H groups in total. The molecular formula is C17H22N2O2. The average molecular weight is 286 g/mol. The maximum Gasteiger partial charge on any atom is 0.246 e. The first-order valence-corrected chi connectivity index (χ1v) is 7.84. The number of fused-ring (bicyclic) bond motifs is 1. The van der Waals surface area contributed by atoms with Crippen LogP contribution in [0.4, 0.5) is 5.69 Å². The molecule has 1 atom stereocenters. The highest BCUT2D eigenvalue weighted by atomic mass is 16.2. The zero-order valence-electron chi connectivity index (χ0n) is 12.5. The smallest absolute Gasteiger partial charge is 0.246 e. The lowest BCUT2D eigenvalue weighted by Gasteiger charge is -2.27. The third kappa shape index (κ3) is 2.80. The minimum atomic E-state index is 0.0442. The first-order valence-electron chi connectivity index (χ1n) is 7.84. The van der Waals surface area contributed by atoms with Crippen molar-refractivity contribution in [2.24, 2.45) is 0 Å². The van der Waals surface area contributed by atoms with Crippen molar-refractivity contribution in [3.63, 3.8) is 0 Å². The molecule has 1 aromatic rings. The van der Waals surface area contributed by atoms with E-state index in [2.05, 4.69) is 13.0 Å². The highest BCUT2D eigenvalue weighted by Gasteiger charge is 2.32. The second-order valence-corrected chi connectivity index (χ2v) is 6.07. The van der Waals surface area contributed by atoms with E-state index in [1.165, 1.54) is 5.56 Å². The third-order valence-corrected chi connectivity index (χ3v) is 4.47. The molecule has 1 fully saturated rings. The van der Waals surface area contributed by atoms with Gasteiger partial charge in [0.15, 0.2) is 0 Å². The zero-order chi connectivity index (χ0) is 14.8. The minimum absolute atomic E-state index is 0.0442. The molecule has 112 valence electrons. The van der Waals surface area contributed by atoms with Crippen LogP contribution in [0.25, 0.3) is 0 Å². The van der Waals surface area contributed by atoms with Crippen LogP contribution in [-0.4, -0.2) is 35.8 Å². The third-order valence-electron chi connectivity index (χ3n) is 4.47. The molecule has 0 aromatic heterocycles. The number of para-hydroxylation sites is 1. The Balaban J connectivity index is 1.74. The maximum atomic E-state index is 12.7. The Morgan fingerprint density at radius 1 is 1.24 bits per heavy atom. The molecule has 2 amide bonds. The molecular weight excluding hydrogens is 264 g/mol. The Bertz CT molecular complexity index is 555. The van der Waals surface area contributed by atoms with Crippen LogP contribution in [0.2, 0.25) is 0 Å². The van der Waals surface area contributed by atoms with E-state index in [1.807, 2.05) is 23.1 Å². The van der Waals surface area contributed by atoms with Crippen LogP contribution in [0.3, 0.4) is 0 Å². The van der Waals surface area contributed by atoms with Gasteiger partial charge >= 0.3 is 0 Å². The highest BCUT2D eigenvalue weighted by Crippen LogP contribution is 2.31. The lowest BCUT2D eigenvalue weighted by molar-refractivity contribution is -0.134. The van der Waals surface area contributed by atoms with E-state index in [-0.39, 0.29) is 24.4 Å². The van der Waals surface area contributed by atoms with Crippen LogP contribution >= 0.6 is 0 Å². The van der Waals surface area contributed by atoms with Gasteiger partial charge in [0.1, 0.15) is 6.54 Å². The summed E-state index contributed by atoms with van der Waals surface area (Å²) in [6.45, 7) is 3.01. The van der Waals surface area contributed by atoms with Gasteiger partial charge in [0.25, 0.3) is 0 Å². The van der Waals surface area contributed by atoms with E-state index in [0.717, 1.165) is 31.4 Å². The van der Waals surface area contributed by atoms with Crippen molar-refractivity contribution in [3.8, 4) is 0 Å². The Morgan fingerprint density at radius 3 is 2.90 bits per heavy atom. The first kappa shape index (κ1) is 14.1. The van der Waals surface area contributed by atoms with Crippen molar-refractivity contribution in [1.29, 1.82) is 0 Å². The predicted octanol–water partition coefficient (Wildman–Crippen LogP) is 2.37. The molecule has 2 aliphatic heterocycles. The SMILES string of the molecule is CC1Cc2ccccc2N1C(=O)CN1CCCCCC1=O. The number of rotatable bonds is 2. The van der Waals surface area contributed by atoms with Crippen molar-refractivity contribution in [2.75, 3.05) is 18.0 Å². The van der Waals surface area contributed by atoms with E-state index >= 15 is 0 Å². The number of anilines is 1. The largest absolute Gasteiger partial charge is 0.333 e. The minimum Gasteiger partial charge on any atom is -0.333 e. The van der Waals surface area contributed by atoms with Crippen LogP contribution in [0.1, 0.15) is 38.2 Å². The molecule has 0 spiro atoms. The van der Waals surface area contributed by atoms with Gasteiger partial charge in [-0.05, 0) is 37.8 Å². The average Bonchev–Trinajstić information content (AvgIpc) is 2.67. The Hall–Kier alpha value is -1.84. The number of benzene rings is 1. The number of carbonyl (C=O) groups is 2. The van der Waals surface area contributed by atoms with E-state index in [1.54, 1.807) is 4.90 Å². The predicted molar refractivity (Wildman–Crippen MR) is 82.1 cm³/mol. The van der Waals surface area contributed by atoms with E-state index in [4.69, 9.17) is 0 Å². The van der Waals surface area contributed by atoms with Crippen molar-refractivity contribution in [2.45, 2.75) is 45.1 Å². The molecule has 1 aromatic carbocycles. The van der Waals surface area contributed by atoms with Gasteiger partial charge in [-0.2, -0.15) is 0 Å². The van der Waals surface area contributed by atoms with E-state index in [9.17, 15) is 9.59 Å². The monoisotopic (exact) mass is 286 g/mol. The summed E-state index contributed by atoms with van der Waals surface area (Å²) in [6, 6.07) is 8.24. The summed E-state index contributed by atoms with van der Waals surface area (Å²) in [5, 5.41) is 0. The fraction of sp³-hybridized carbons (Fsp3) is 0.529. The van der Waals surface area contributed by atoms with Crippen molar-refractivity contribution in [3.05, 3.63) is 29.8 Å². The quantitative estimate of drug-likeness (QED) is 0.837. The van der Waals surface area contributed by atoms with Gasteiger partial charge in [-0.25, -0.2) is 0 Å². The van der Waals surface area contributed by atoms with Gasteiger partial charge in [0.05, 0.1) is 0 Å². The molecule has 0 bridgehead atoms. The summed E-state index contributed by atoms with van der Waals surface area (Å²) in [7, 11) is 0. The molecule has 2 heterocycles. The molecule has 0 aliphatic carbocycles. The summed E-state index contributed by atoms with van der Waals surface area (Å²) >= 11 is 0. The molecule has 0 saturated carbocycles. The normalized spacial score (nSPS) is 22.1. The van der Waals surface area contributed by atoms with Crippen LogP contribution in [0, 0.1) is 0 Å². The number of amides is 2. The van der Waals surface area contributed by atoms with Crippen LogP contribution < -0.4 is 4.90 Å². The molecule has 21 heavy (non-hydrogen) atoms. The fourth-order valence-electron chi connectivity index (χ4n) is 3.39. The lowest BCUT2D eigenvalue weighted by atomic mass is 10.1. The van der Waals surface area contributed by atoms with Crippen molar-refractivity contribution < 1.29 is 9.59 Å². The number of nitrogens with zero attached hydrogens (tertiary/aromatic N) is 2. The van der Waals surface area contributed by atoms with Gasteiger partial charge in [0, 0.05) is 24.7 Å². The van der Waals surface area contributed by atoms with E-state index < -0.39 is 0 Å². The number of hydrogen-bond acceptors (Lipinski definition) is 2. The molecule has 0 radical (unpaired) electrons. The van der Waals surface area contributed by atoms with Crippen LogP contribution in [0.5, 0.6) is 0 Å². The standard InChI is InChI=1S/C17H22N2O2/c1-13-11-14-7-4-5-8-15(14)19(13)17(21)12-18-10-6-2-3-9-16(18)20/h4-5,7-8,13H,2-3,6,9-12H2,1H3. The van der Waals surface area contributed by atoms with Crippen LogP contribution in [-0.2, 0) is 16.0 Å². The second kappa shape index (κ2) is 5.88. The van der Waals surface area contributed by atoms with Gasteiger partial charge in [0.2, 0.25) is 11.8 Å². The molecule has 1 saturated heterocycles. The molecule has 1 unspecified atom stereocenters. The summed E-state index contributed by atoms with van der Waals surface area (Å²) < 4.78 is 0. The number of likely N-dealkylation sites (tertiary alicyclic amines) is 1. The number of hydrogen-bond donors (Lipinski definition) is 0. The topological polar surface area (TPSA) is 40.6 Å².